The number of hydrogen-bond acceptors (Lipinski definition) is 10. The first kappa shape index (κ1) is 46.9. The molecule has 5 rings (SSSR count). The molecule has 2 aliphatic rings. The van der Waals surface area contributed by atoms with Crippen molar-refractivity contribution in [2.45, 2.75) is 70.1 Å². The maximum Gasteiger partial charge on any atom is 0.313 e. The van der Waals surface area contributed by atoms with Crippen molar-refractivity contribution >= 4 is 45.4 Å². The maximum absolute atomic E-state index is 13.8. The molecule has 3 aromatic carbocycles. The van der Waals surface area contributed by atoms with Gasteiger partial charge in [0.25, 0.3) is 0 Å². The number of hydrogen-bond donors (Lipinski definition) is 3. The summed E-state index contributed by atoms with van der Waals surface area (Å²) in [6.45, 7) is 5.54. The second kappa shape index (κ2) is 21.6. The van der Waals surface area contributed by atoms with Gasteiger partial charge in [-0.05, 0) is 73.1 Å². The van der Waals surface area contributed by atoms with Crippen LogP contribution in [0.2, 0.25) is 0 Å². The van der Waals surface area contributed by atoms with E-state index in [-0.39, 0.29) is 80.3 Å². The Hall–Kier alpha value is -5.17. The number of carbonyl (C=O) groups is 3. The zero-order chi connectivity index (χ0) is 44.3. The summed E-state index contributed by atoms with van der Waals surface area (Å²) in [7, 11) is -3.79. The van der Waals surface area contributed by atoms with Crippen LogP contribution in [-0.4, -0.2) is 98.9 Å². The predicted molar refractivity (Wildman–Crippen MR) is 220 cm³/mol. The summed E-state index contributed by atoms with van der Waals surface area (Å²) in [5.74, 6) is -10.1. The highest BCUT2D eigenvalue weighted by Gasteiger charge is 2.36. The molecule has 330 valence electrons. The van der Waals surface area contributed by atoms with Gasteiger partial charge < -0.3 is 30.5 Å². The minimum atomic E-state index is -3.79. The second-order valence-corrected chi connectivity index (χ2v) is 16.8. The first-order valence-electron chi connectivity index (χ1n) is 20.3. The first-order chi connectivity index (χ1) is 29.2. The van der Waals surface area contributed by atoms with Crippen LogP contribution in [0.25, 0.3) is 17.2 Å². The smallest absolute Gasteiger partial charge is 0.313 e. The Morgan fingerprint density at radius 1 is 0.951 bits per heavy atom. The molecule has 4 N–H and O–H groups in total. The average Bonchev–Trinajstić information content (AvgIpc) is 3.38. The van der Waals surface area contributed by atoms with Gasteiger partial charge in [0.2, 0.25) is 39.2 Å². The Bertz CT molecular complexity index is 2230. The third-order valence-corrected chi connectivity index (χ3v) is 12.0. The third kappa shape index (κ3) is 12.0. The molecular weight excluding hydrogens is 823 g/mol. The zero-order valence-electron chi connectivity index (χ0n) is 34.2. The van der Waals surface area contributed by atoms with Gasteiger partial charge in [-0.3, -0.25) is 14.4 Å². The Morgan fingerprint density at radius 3 is 2.31 bits per heavy atom. The number of nitrogens with one attached hydrogen (secondary N) is 1. The van der Waals surface area contributed by atoms with Gasteiger partial charge in [-0.2, -0.15) is 13.1 Å². The zero-order valence-corrected chi connectivity index (χ0v) is 35.0. The van der Waals surface area contributed by atoms with E-state index in [4.69, 9.17) is 15.5 Å². The Balaban J connectivity index is 1.23. The molecule has 2 amide bonds. The number of benzene rings is 3. The SMILES string of the molecule is CCCN(CCC)C(=O)C1=Cc2c(CCCCNC(=O)CCOCCC(=O)Oc3c(F)c(F)cc(F)c3F)cc(-c3cccc(S(=O)(=O)N4CC(CO)C4)c3)cc2N=C(N)C1. The molecular formula is C43H51F4N5O8S. The van der Waals surface area contributed by atoms with Crippen molar-refractivity contribution in [3.8, 4) is 16.9 Å². The monoisotopic (exact) mass is 873 g/mol. The van der Waals surface area contributed by atoms with Gasteiger partial charge in [0.15, 0.2) is 11.6 Å². The topological polar surface area (TPSA) is 181 Å². The van der Waals surface area contributed by atoms with Gasteiger partial charge in [-0.15, -0.1) is 0 Å². The number of fused-ring (bicyclic) bond motifs is 1. The molecule has 0 aliphatic carbocycles. The first-order valence-corrected chi connectivity index (χ1v) is 21.7. The van der Waals surface area contributed by atoms with E-state index in [0.717, 1.165) is 24.0 Å². The number of unbranched alkanes of at least 4 members (excludes halogenated alkanes) is 1. The molecule has 0 unspecified atom stereocenters. The number of carbonyl (C=O) groups excluding carboxylic acids is 3. The molecule has 0 spiro atoms. The summed E-state index contributed by atoms with van der Waals surface area (Å²) in [4.78, 5) is 44.9. The average molecular weight is 874 g/mol. The molecule has 18 heteroatoms. The molecule has 2 aliphatic heterocycles. The highest BCUT2D eigenvalue weighted by molar-refractivity contribution is 7.89. The molecule has 3 aromatic rings. The number of nitrogens with zero attached hydrogens (tertiary/aromatic N) is 3. The molecule has 1 saturated heterocycles. The summed E-state index contributed by atoms with van der Waals surface area (Å²) >= 11 is 0. The van der Waals surface area contributed by atoms with E-state index in [1.165, 1.54) is 10.4 Å². The molecule has 0 radical (unpaired) electrons. The van der Waals surface area contributed by atoms with E-state index in [1.54, 1.807) is 12.1 Å². The summed E-state index contributed by atoms with van der Waals surface area (Å²) in [6.07, 6.45) is 4.69. The fourth-order valence-electron chi connectivity index (χ4n) is 6.94. The Labute approximate surface area is 352 Å². The van der Waals surface area contributed by atoms with Gasteiger partial charge in [0.1, 0.15) is 5.84 Å². The Kier molecular flexibility index (Phi) is 16.6. The molecule has 0 bridgehead atoms. The lowest BCUT2D eigenvalue weighted by Gasteiger charge is -2.36. The van der Waals surface area contributed by atoms with Gasteiger partial charge >= 0.3 is 5.97 Å². The van der Waals surface area contributed by atoms with E-state index in [9.17, 15) is 45.5 Å². The van der Waals surface area contributed by atoms with Crippen LogP contribution in [0.3, 0.4) is 0 Å². The van der Waals surface area contributed by atoms with Crippen LogP contribution < -0.4 is 15.8 Å². The largest absolute Gasteiger partial charge is 0.420 e. The number of aliphatic hydroxyl groups excluding tert-OH is 1. The van der Waals surface area contributed by atoms with E-state index in [1.807, 2.05) is 43.0 Å². The van der Waals surface area contributed by atoms with Crippen LogP contribution in [0.4, 0.5) is 23.2 Å². The Morgan fingerprint density at radius 2 is 1.64 bits per heavy atom. The van der Waals surface area contributed by atoms with Crippen molar-refractivity contribution in [1.82, 2.24) is 14.5 Å². The van der Waals surface area contributed by atoms with E-state index in [2.05, 4.69) is 10.1 Å². The number of aliphatic hydroxyl groups is 1. The minimum Gasteiger partial charge on any atom is -0.420 e. The lowest BCUT2D eigenvalue weighted by atomic mass is 9.93. The molecule has 0 saturated carbocycles. The van der Waals surface area contributed by atoms with Gasteiger partial charge in [-0.1, -0.05) is 32.0 Å². The van der Waals surface area contributed by atoms with Crippen LogP contribution >= 0.6 is 0 Å². The fraction of sp³-hybridized carbons (Fsp3) is 0.442. The number of sulfonamides is 1. The van der Waals surface area contributed by atoms with Gasteiger partial charge in [0, 0.05) is 75.3 Å². The number of ether oxygens (including phenoxy) is 2. The van der Waals surface area contributed by atoms with E-state index in [0.29, 0.717) is 61.3 Å². The number of aryl methyl sites for hydroxylation is 1. The summed E-state index contributed by atoms with van der Waals surface area (Å²) in [5.41, 5.74) is 10.4. The maximum atomic E-state index is 13.8. The molecule has 13 nitrogen and oxygen atoms in total. The van der Waals surface area contributed by atoms with Crippen molar-refractivity contribution in [3.05, 3.63) is 82.4 Å². The summed E-state index contributed by atoms with van der Waals surface area (Å²) in [5, 5.41) is 12.2. The normalized spacial score (nSPS) is 14.3. The molecule has 0 atom stereocenters. The van der Waals surface area contributed by atoms with Gasteiger partial charge in [-0.25, -0.2) is 22.2 Å². The highest BCUT2D eigenvalue weighted by Crippen LogP contribution is 2.37. The predicted octanol–water partition coefficient (Wildman–Crippen LogP) is 5.79. The number of amides is 2. The molecule has 0 aromatic heterocycles. The number of rotatable bonds is 21. The lowest BCUT2D eigenvalue weighted by Crippen LogP contribution is -2.51. The molecule has 1 fully saturated rings. The number of aliphatic imine (C=N–C) groups is 1. The standard InChI is InChI=1S/C43H51F4N5O8S/c1-3-14-51(15-4-2)43(56)31-20-33-29(8-5-6-13-49-38(54)11-16-59-17-12-39(55)60-42-40(46)34(44)23-35(45)41(42)47)18-30(21-36(33)50-37(48)22-31)28-9-7-10-32(19-28)61(57,58)52-24-27(25-52)26-53/h7,9-10,18-21,23,27,53H,3-6,8,11-17,22,24-26H2,1-2H3,(H2,48,50)(H,49,54). The highest BCUT2D eigenvalue weighted by atomic mass is 32.2. The van der Waals surface area contributed by atoms with Crippen LogP contribution in [0.15, 0.2) is 57.9 Å². The van der Waals surface area contributed by atoms with Crippen LogP contribution in [0.1, 0.15) is 69.9 Å². The minimum absolute atomic E-state index is 0.00752. The second-order valence-electron chi connectivity index (χ2n) is 14.9. The fourth-order valence-corrected chi connectivity index (χ4v) is 8.58. The number of halogens is 4. The summed E-state index contributed by atoms with van der Waals surface area (Å²) in [6, 6.07) is 10.4. The van der Waals surface area contributed by atoms with Crippen LogP contribution in [-0.2, 0) is 35.6 Å². The van der Waals surface area contributed by atoms with Crippen molar-refractivity contribution in [3.63, 3.8) is 0 Å². The molecule has 61 heavy (non-hydrogen) atoms. The van der Waals surface area contributed by atoms with Crippen LogP contribution in [0, 0.1) is 29.2 Å². The third-order valence-electron chi connectivity index (χ3n) is 10.1. The van der Waals surface area contributed by atoms with Gasteiger partial charge in [0.05, 0.1) is 30.2 Å². The van der Waals surface area contributed by atoms with E-state index < -0.39 is 51.4 Å². The summed E-state index contributed by atoms with van der Waals surface area (Å²) < 4.78 is 92.1. The quantitative estimate of drug-likeness (QED) is 0.0393. The van der Waals surface area contributed by atoms with Crippen molar-refractivity contribution in [1.29, 1.82) is 0 Å². The lowest BCUT2D eigenvalue weighted by molar-refractivity contribution is -0.136. The van der Waals surface area contributed by atoms with Crippen molar-refractivity contribution in [2.75, 3.05) is 52.5 Å². The number of esters is 1. The van der Waals surface area contributed by atoms with Crippen LogP contribution in [0.5, 0.6) is 5.75 Å². The number of nitrogens with two attached hydrogens (primary N) is 1. The van der Waals surface area contributed by atoms with Crippen molar-refractivity contribution in [2.24, 2.45) is 16.6 Å². The number of amidine groups is 1. The molecule has 2 heterocycles. The van der Waals surface area contributed by atoms with E-state index >= 15 is 0 Å². The van der Waals surface area contributed by atoms with Crippen molar-refractivity contribution < 1.29 is 54.9 Å².